The number of rotatable bonds is 7. The van der Waals surface area contributed by atoms with Crippen LogP contribution in [-0.4, -0.2) is 49.1 Å². The van der Waals surface area contributed by atoms with Gasteiger partial charge in [0.15, 0.2) is 5.65 Å². The quantitative estimate of drug-likeness (QED) is 0.231. The standard InChI is InChI=1S/C24H24BrFIN5O4/c1-24(2,3)36-18(33)7-6-16(21(28)34)31-11-13-8-12(4-5-14(13)23(31)35)10-32-22-19(20(25)30-32)15(27)9-17(26)29-22/h4-5,8-9,16H,6-7,10-11H2,1-3H3,(H2,28,34)/t16-/m0/s1. The Morgan fingerprint density at radius 1 is 1.31 bits per heavy atom. The van der Waals surface area contributed by atoms with Gasteiger partial charge in [0, 0.05) is 28.2 Å². The van der Waals surface area contributed by atoms with Gasteiger partial charge >= 0.3 is 5.97 Å². The van der Waals surface area contributed by atoms with Gasteiger partial charge in [-0.05, 0) is 82.9 Å². The van der Waals surface area contributed by atoms with Gasteiger partial charge in [-0.25, -0.2) is 4.68 Å². The van der Waals surface area contributed by atoms with Crippen LogP contribution in [0, 0.1) is 9.52 Å². The first-order valence-electron chi connectivity index (χ1n) is 11.2. The average molecular weight is 672 g/mol. The normalized spacial score (nSPS) is 14.3. The lowest BCUT2D eigenvalue weighted by Crippen LogP contribution is -2.45. The average Bonchev–Trinajstić information content (AvgIpc) is 3.23. The second kappa shape index (κ2) is 10.0. The zero-order chi connectivity index (χ0) is 26.4. The zero-order valence-electron chi connectivity index (χ0n) is 19.8. The SMILES string of the molecule is CC(C)(C)OC(=O)CC[C@@H](C(N)=O)N1Cc2cc(Cn3nc(Br)c4c(I)cc(F)nc43)ccc2C1=O. The summed E-state index contributed by atoms with van der Waals surface area (Å²) in [6, 6.07) is 5.72. The highest BCUT2D eigenvalue weighted by atomic mass is 127. The van der Waals surface area contributed by atoms with E-state index in [4.69, 9.17) is 10.5 Å². The molecular formula is C24H24BrFIN5O4. The number of hydrogen-bond donors (Lipinski definition) is 1. The molecule has 0 fully saturated rings. The number of carbonyl (C=O) groups is 3. The van der Waals surface area contributed by atoms with Crippen molar-refractivity contribution in [3.05, 3.63) is 55.1 Å². The Bertz CT molecular complexity index is 1390. The molecule has 1 aliphatic heterocycles. The molecular weight excluding hydrogens is 648 g/mol. The van der Waals surface area contributed by atoms with Crippen molar-refractivity contribution in [2.75, 3.05) is 0 Å². The minimum Gasteiger partial charge on any atom is -0.460 e. The van der Waals surface area contributed by atoms with E-state index in [0.717, 1.165) is 11.1 Å². The van der Waals surface area contributed by atoms with Crippen LogP contribution in [0.1, 0.15) is 55.1 Å². The van der Waals surface area contributed by atoms with Gasteiger partial charge in [-0.3, -0.25) is 14.4 Å². The summed E-state index contributed by atoms with van der Waals surface area (Å²) in [6.07, 6.45) is 0.0276. The summed E-state index contributed by atoms with van der Waals surface area (Å²) in [5.74, 6) is -2.07. The molecule has 0 aliphatic carbocycles. The third kappa shape index (κ3) is 5.53. The predicted octanol–water partition coefficient (Wildman–Crippen LogP) is 3.92. The number of ether oxygens (including phenoxy) is 1. The largest absolute Gasteiger partial charge is 0.460 e. The molecule has 1 atom stereocenters. The van der Waals surface area contributed by atoms with E-state index in [2.05, 4.69) is 26.0 Å². The van der Waals surface area contributed by atoms with E-state index in [1.807, 2.05) is 28.7 Å². The molecule has 2 N–H and O–H groups in total. The van der Waals surface area contributed by atoms with Crippen LogP contribution < -0.4 is 5.73 Å². The van der Waals surface area contributed by atoms with Crippen molar-refractivity contribution in [2.45, 2.75) is 58.3 Å². The van der Waals surface area contributed by atoms with Crippen LogP contribution in [0.3, 0.4) is 0 Å². The molecule has 9 nitrogen and oxygen atoms in total. The Balaban J connectivity index is 1.53. The molecule has 4 rings (SSSR count). The minimum atomic E-state index is -0.943. The van der Waals surface area contributed by atoms with Crippen LogP contribution in [0.15, 0.2) is 28.9 Å². The zero-order valence-corrected chi connectivity index (χ0v) is 23.6. The fourth-order valence-corrected chi connectivity index (χ4v) is 5.89. The molecule has 2 aromatic heterocycles. The molecule has 0 bridgehead atoms. The fraction of sp³-hybridized carbons (Fsp3) is 0.375. The number of benzene rings is 1. The summed E-state index contributed by atoms with van der Waals surface area (Å²) in [6.45, 7) is 5.75. The number of hydrogen-bond acceptors (Lipinski definition) is 6. The van der Waals surface area contributed by atoms with E-state index in [9.17, 15) is 18.8 Å². The van der Waals surface area contributed by atoms with Gasteiger partial charge in [0.2, 0.25) is 11.9 Å². The van der Waals surface area contributed by atoms with Gasteiger partial charge in [-0.1, -0.05) is 12.1 Å². The third-order valence-corrected chi connectivity index (χ3v) is 7.07. The van der Waals surface area contributed by atoms with Gasteiger partial charge in [0.05, 0.1) is 11.9 Å². The number of primary amides is 1. The second-order valence-corrected chi connectivity index (χ2v) is 11.5. The first kappa shape index (κ1) is 26.5. The van der Waals surface area contributed by atoms with Gasteiger partial charge in [0.1, 0.15) is 16.2 Å². The number of halogens is 3. The van der Waals surface area contributed by atoms with Gasteiger partial charge in [-0.2, -0.15) is 14.5 Å². The molecule has 2 amide bonds. The Morgan fingerprint density at radius 3 is 2.69 bits per heavy atom. The van der Waals surface area contributed by atoms with Crippen molar-refractivity contribution in [3.63, 3.8) is 0 Å². The molecule has 1 aliphatic rings. The lowest BCUT2D eigenvalue weighted by molar-refractivity contribution is -0.155. The highest BCUT2D eigenvalue weighted by Gasteiger charge is 2.36. The van der Waals surface area contributed by atoms with Gasteiger partial charge in [0.25, 0.3) is 5.91 Å². The molecule has 190 valence electrons. The molecule has 0 spiro atoms. The lowest BCUT2D eigenvalue weighted by atomic mass is 10.1. The fourth-order valence-electron chi connectivity index (χ4n) is 4.18. The second-order valence-electron chi connectivity index (χ2n) is 9.54. The van der Waals surface area contributed by atoms with Crippen molar-refractivity contribution < 1.29 is 23.5 Å². The Hall–Kier alpha value is -2.61. The van der Waals surface area contributed by atoms with Crippen molar-refractivity contribution in [1.82, 2.24) is 19.7 Å². The van der Waals surface area contributed by atoms with E-state index in [0.29, 0.717) is 31.3 Å². The number of nitrogens with two attached hydrogens (primary N) is 1. The number of pyridine rings is 1. The topological polar surface area (TPSA) is 120 Å². The van der Waals surface area contributed by atoms with Gasteiger partial charge in [-0.15, -0.1) is 0 Å². The number of aromatic nitrogens is 3. The van der Waals surface area contributed by atoms with Crippen LogP contribution in [0.5, 0.6) is 0 Å². The molecule has 1 aromatic carbocycles. The van der Waals surface area contributed by atoms with Crippen molar-refractivity contribution >= 4 is 67.3 Å². The van der Waals surface area contributed by atoms with Crippen LogP contribution in [-0.2, 0) is 27.4 Å². The Morgan fingerprint density at radius 2 is 2.03 bits per heavy atom. The first-order chi connectivity index (χ1) is 16.8. The van der Waals surface area contributed by atoms with Crippen LogP contribution >= 0.6 is 38.5 Å². The highest BCUT2D eigenvalue weighted by molar-refractivity contribution is 14.1. The molecule has 0 radical (unpaired) electrons. The lowest BCUT2D eigenvalue weighted by Gasteiger charge is -2.25. The number of carbonyl (C=O) groups excluding carboxylic acids is 3. The molecule has 0 saturated heterocycles. The summed E-state index contributed by atoms with van der Waals surface area (Å²) in [5, 5.41) is 5.16. The molecule has 12 heteroatoms. The minimum absolute atomic E-state index is 0.0418. The maximum atomic E-state index is 13.9. The third-order valence-electron chi connectivity index (χ3n) is 5.66. The van der Waals surface area contributed by atoms with Crippen molar-refractivity contribution in [2.24, 2.45) is 5.73 Å². The number of amides is 2. The van der Waals surface area contributed by atoms with Gasteiger partial charge < -0.3 is 15.4 Å². The first-order valence-corrected chi connectivity index (χ1v) is 13.0. The molecule has 3 heterocycles. The molecule has 0 unspecified atom stereocenters. The van der Waals surface area contributed by atoms with Crippen LogP contribution in [0.4, 0.5) is 4.39 Å². The maximum Gasteiger partial charge on any atom is 0.306 e. The number of esters is 1. The summed E-state index contributed by atoms with van der Waals surface area (Å²) in [7, 11) is 0. The van der Waals surface area contributed by atoms with Crippen LogP contribution in [0.25, 0.3) is 11.0 Å². The smallest absolute Gasteiger partial charge is 0.306 e. The Kier molecular flexibility index (Phi) is 7.37. The van der Waals surface area contributed by atoms with E-state index < -0.39 is 29.5 Å². The maximum absolute atomic E-state index is 13.9. The number of nitrogens with zero attached hydrogens (tertiary/aromatic N) is 4. The van der Waals surface area contributed by atoms with E-state index >= 15 is 0 Å². The van der Waals surface area contributed by atoms with Crippen LogP contribution in [0.2, 0.25) is 0 Å². The summed E-state index contributed by atoms with van der Waals surface area (Å²) in [5.41, 5.74) is 7.37. The number of fused-ring (bicyclic) bond motifs is 2. The Labute approximate surface area is 228 Å². The molecule has 3 aromatic rings. The predicted molar refractivity (Wildman–Crippen MR) is 141 cm³/mol. The van der Waals surface area contributed by atoms with E-state index in [1.165, 1.54) is 11.0 Å². The van der Waals surface area contributed by atoms with Crippen molar-refractivity contribution in [3.8, 4) is 0 Å². The molecule has 0 saturated carbocycles. The summed E-state index contributed by atoms with van der Waals surface area (Å²) < 4.78 is 22.1. The monoisotopic (exact) mass is 671 g/mol. The highest BCUT2D eigenvalue weighted by Crippen LogP contribution is 2.30. The summed E-state index contributed by atoms with van der Waals surface area (Å²) in [4.78, 5) is 42.8. The van der Waals surface area contributed by atoms with Crippen molar-refractivity contribution in [1.29, 1.82) is 0 Å². The molecule has 36 heavy (non-hydrogen) atoms. The summed E-state index contributed by atoms with van der Waals surface area (Å²) >= 11 is 5.45. The van der Waals surface area contributed by atoms with E-state index in [1.54, 1.807) is 37.6 Å². The van der Waals surface area contributed by atoms with E-state index in [-0.39, 0.29) is 25.3 Å².